The van der Waals surface area contributed by atoms with Crippen LogP contribution in [0.25, 0.3) is 11.6 Å². The second kappa shape index (κ2) is 10.4. The van der Waals surface area contributed by atoms with Crippen molar-refractivity contribution in [3.05, 3.63) is 65.7 Å². The van der Waals surface area contributed by atoms with Gasteiger partial charge in [0.25, 0.3) is 5.91 Å². The quantitative estimate of drug-likeness (QED) is 0.422. The third-order valence-electron chi connectivity index (χ3n) is 4.59. The van der Waals surface area contributed by atoms with Crippen LogP contribution in [0.3, 0.4) is 0 Å². The van der Waals surface area contributed by atoms with Crippen LogP contribution in [0.15, 0.2) is 54.6 Å². The Morgan fingerprint density at radius 3 is 2.72 bits per heavy atom. The molecule has 1 atom stereocenters. The fourth-order valence-electron chi connectivity index (χ4n) is 3.07. The van der Waals surface area contributed by atoms with Crippen molar-refractivity contribution < 1.29 is 23.8 Å². The zero-order chi connectivity index (χ0) is 20.5. The first-order valence-corrected chi connectivity index (χ1v) is 9.62. The summed E-state index contributed by atoms with van der Waals surface area (Å²) in [7, 11) is 1.59. The van der Waals surface area contributed by atoms with Crippen LogP contribution >= 0.6 is 0 Å². The van der Waals surface area contributed by atoms with Gasteiger partial charge in [-0.05, 0) is 42.2 Å². The normalized spacial score (nSPS) is 16.3. The Hall–Kier alpha value is -3.12. The van der Waals surface area contributed by atoms with Crippen molar-refractivity contribution in [3.8, 4) is 5.75 Å². The molecule has 1 fully saturated rings. The molecule has 1 aliphatic heterocycles. The molecule has 152 valence electrons. The molecule has 1 N–H and O–H groups in total. The van der Waals surface area contributed by atoms with E-state index in [0.717, 1.165) is 25.0 Å². The highest BCUT2D eigenvalue weighted by Crippen LogP contribution is 2.22. The SMILES string of the molecule is COc1cccc(/C=C(\C(=O)OCC(=O)NC[C@H]2CCCO2)c2ccccc2)c1. The fourth-order valence-corrected chi connectivity index (χ4v) is 3.07. The van der Waals surface area contributed by atoms with Crippen LogP contribution in [0.4, 0.5) is 0 Å². The average Bonchev–Trinajstić information content (AvgIpc) is 3.29. The first-order chi connectivity index (χ1) is 14.2. The third-order valence-corrected chi connectivity index (χ3v) is 4.59. The first-order valence-electron chi connectivity index (χ1n) is 9.62. The minimum absolute atomic E-state index is 0.0440. The Morgan fingerprint density at radius 2 is 2.00 bits per heavy atom. The molecule has 0 saturated carbocycles. The van der Waals surface area contributed by atoms with Crippen LogP contribution in [0.2, 0.25) is 0 Å². The molecule has 29 heavy (non-hydrogen) atoms. The molecule has 0 aliphatic carbocycles. The minimum atomic E-state index is -0.564. The number of nitrogens with one attached hydrogen (secondary N) is 1. The van der Waals surface area contributed by atoms with Gasteiger partial charge in [0.05, 0.1) is 18.8 Å². The van der Waals surface area contributed by atoms with Gasteiger partial charge in [-0.2, -0.15) is 0 Å². The number of carbonyl (C=O) groups excluding carboxylic acids is 2. The number of esters is 1. The highest BCUT2D eigenvalue weighted by Gasteiger charge is 2.18. The Bertz CT molecular complexity index is 857. The standard InChI is InChI=1S/C23H25NO5/c1-27-19-10-5-7-17(13-19)14-21(18-8-3-2-4-9-18)23(26)29-16-22(25)24-15-20-11-6-12-28-20/h2-5,7-10,13-14,20H,6,11-12,15-16H2,1H3,(H,24,25)/b21-14-/t20-/m1/s1. The topological polar surface area (TPSA) is 73.9 Å². The van der Waals surface area contributed by atoms with E-state index in [1.54, 1.807) is 13.2 Å². The maximum absolute atomic E-state index is 12.7. The Morgan fingerprint density at radius 1 is 1.17 bits per heavy atom. The molecule has 2 aromatic rings. The molecule has 6 nitrogen and oxygen atoms in total. The van der Waals surface area contributed by atoms with Crippen molar-refractivity contribution in [2.24, 2.45) is 0 Å². The average molecular weight is 395 g/mol. The second-order valence-electron chi connectivity index (χ2n) is 6.72. The molecule has 3 rings (SSSR count). The van der Waals surface area contributed by atoms with Gasteiger partial charge in [0.15, 0.2) is 6.61 Å². The third kappa shape index (κ3) is 6.19. The van der Waals surface area contributed by atoms with Crippen LogP contribution in [0.1, 0.15) is 24.0 Å². The Balaban J connectivity index is 1.67. The van der Waals surface area contributed by atoms with E-state index in [0.29, 0.717) is 23.4 Å². The van der Waals surface area contributed by atoms with Gasteiger partial charge in [-0.3, -0.25) is 4.79 Å². The van der Waals surface area contributed by atoms with E-state index in [1.807, 2.05) is 54.6 Å². The molecule has 1 amide bonds. The summed E-state index contributed by atoms with van der Waals surface area (Å²) in [5, 5.41) is 2.75. The molecule has 0 radical (unpaired) electrons. The zero-order valence-electron chi connectivity index (χ0n) is 16.4. The van der Waals surface area contributed by atoms with Crippen molar-refractivity contribution >= 4 is 23.5 Å². The summed E-state index contributed by atoms with van der Waals surface area (Å²) in [5.74, 6) is -0.220. The number of benzene rings is 2. The van der Waals surface area contributed by atoms with Crippen LogP contribution < -0.4 is 10.1 Å². The number of rotatable bonds is 8. The zero-order valence-corrected chi connectivity index (χ0v) is 16.4. The van der Waals surface area contributed by atoms with Crippen molar-refractivity contribution in [1.82, 2.24) is 5.32 Å². The number of hydrogen-bond acceptors (Lipinski definition) is 5. The van der Waals surface area contributed by atoms with Crippen LogP contribution in [0, 0.1) is 0 Å². The Kier molecular flexibility index (Phi) is 7.41. The summed E-state index contributed by atoms with van der Waals surface area (Å²) in [5.41, 5.74) is 1.87. The molecule has 0 aromatic heterocycles. The van der Waals surface area contributed by atoms with Gasteiger partial charge in [0.2, 0.25) is 0 Å². The molecular formula is C23H25NO5. The highest BCUT2D eigenvalue weighted by atomic mass is 16.5. The Labute approximate surface area is 170 Å². The lowest BCUT2D eigenvalue weighted by Crippen LogP contribution is -2.34. The van der Waals surface area contributed by atoms with E-state index in [9.17, 15) is 9.59 Å². The van der Waals surface area contributed by atoms with Gasteiger partial charge in [0.1, 0.15) is 5.75 Å². The number of amides is 1. The summed E-state index contributed by atoms with van der Waals surface area (Å²) < 4.78 is 16.0. The van der Waals surface area contributed by atoms with E-state index in [2.05, 4.69) is 5.32 Å². The summed E-state index contributed by atoms with van der Waals surface area (Å²) in [6, 6.07) is 16.6. The van der Waals surface area contributed by atoms with Gasteiger partial charge < -0.3 is 19.5 Å². The van der Waals surface area contributed by atoms with Gasteiger partial charge in [0, 0.05) is 13.2 Å². The van der Waals surface area contributed by atoms with Crippen molar-refractivity contribution in [1.29, 1.82) is 0 Å². The van der Waals surface area contributed by atoms with Crippen molar-refractivity contribution in [2.45, 2.75) is 18.9 Å². The lowest BCUT2D eigenvalue weighted by atomic mass is 10.0. The predicted molar refractivity (Wildman–Crippen MR) is 110 cm³/mol. The molecule has 0 bridgehead atoms. The first kappa shape index (κ1) is 20.6. The van der Waals surface area contributed by atoms with E-state index in [1.165, 1.54) is 0 Å². The van der Waals surface area contributed by atoms with Crippen molar-refractivity contribution in [3.63, 3.8) is 0 Å². The molecule has 6 heteroatoms. The number of carbonyl (C=O) groups is 2. The maximum Gasteiger partial charge on any atom is 0.339 e. The smallest absolute Gasteiger partial charge is 0.339 e. The van der Waals surface area contributed by atoms with Gasteiger partial charge in [-0.25, -0.2) is 4.79 Å². The fraction of sp³-hybridized carbons (Fsp3) is 0.304. The summed E-state index contributed by atoms with van der Waals surface area (Å²) in [6.45, 7) is 0.820. The predicted octanol–water partition coefficient (Wildman–Crippen LogP) is 3.07. The molecule has 1 aliphatic rings. The molecule has 0 unspecified atom stereocenters. The lowest BCUT2D eigenvalue weighted by Gasteiger charge is -2.12. The minimum Gasteiger partial charge on any atom is -0.497 e. The van der Waals surface area contributed by atoms with Crippen LogP contribution in [-0.2, 0) is 19.1 Å². The number of methoxy groups -OCH3 is 1. The molecule has 0 spiro atoms. The molecule has 2 aromatic carbocycles. The van der Waals surface area contributed by atoms with E-state index in [4.69, 9.17) is 14.2 Å². The summed E-state index contributed by atoms with van der Waals surface area (Å²) >= 11 is 0. The van der Waals surface area contributed by atoms with E-state index < -0.39 is 5.97 Å². The number of ether oxygens (including phenoxy) is 3. The van der Waals surface area contributed by atoms with E-state index in [-0.39, 0.29) is 18.6 Å². The highest BCUT2D eigenvalue weighted by molar-refractivity contribution is 6.21. The molecule has 1 heterocycles. The molecule has 1 saturated heterocycles. The maximum atomic E-state index is 12.7. The monoisotopic (exact) mass is 395 g/mol. The van der Waals surface area contributed by atoms with Gasteiger partial charge >= 0.3 is 5.97 Å². The summed E-state index contributed by atoms with van der Waals surface area (Å²) in [6.07, 6.45) is 3.71. The van der Waals surface area contributed by atoms with Gasteiger partial charge in [-0.15, -0.1) is 0 Å². The lowest BCUT2D eigenvalue weighted by molar-refractivity contribution is -0.143. The van der Waals surface area contributed by atoms with Crippen molar-refractivity contribution in [2.75, 3.05) is 26.9 Å². The second-order valence-corrected chi connectivity index (χ2v) is 6.72. The van der Waals surface area contributed by atoms with Gasteiger partial charge in [-0.1, -0.05) is 42.5 Å². The molecular weight excluding hydrogens is 370 g/mol. The summed E-state index contributed by atoms with van der Waals surface area (Å²) in [4.78, 5) is 24.8. The largest absolute Gasteiger partial charge is 0.497 e. The van der Waals surface area contributed by atoms with Crippen LogP contribution in [0.5, 0.6) is 5.75 Å². The number of hydrogen-bond donors (Lipinski definition) is 1. The van der Waals surface area contributed by atoms with E-state index >= 15 is 0 Å². The van der Waals surface area contributed by atoms with Crippen LogP contribution in [-0.4, -0.2) is 44.8 Å².